The quantitative estimate of drug-likeness (QED) is 0.618. The lowest BCUT2D eigenvalue weighted by Gasteiger charge is -2.18. The Hall–Kier alpha value is -2.27. The van der Waals surface area contributed by atoms with E-state index in [9.17, 15) is 14.7 Å². The van der Waals surface area contributed by atoms with Crippen molar-refractivity contribution < 1.29 is 14.7 Å². The van der Waals surface area contributed by atoms with Gasteiger partial charge in [-0.05, 0) is 29.0 Å². The van der Waals surface area contributed by atoms with E-state index < -0.39 is 17.3 Å². The molecule has 2 aromatic carbocycles. The van der Waals surface area contributed by atoms with Gasteiger partial charge in [-0.15, -0.1) is 0 Å². The third kappa shape index (κ3) is 5.92. The van der Waals surface area contributed by atoms with Crippen LogP contribution in [0.15, 0.2) is 54.6 Å². The molecule has 0 radical (unpaired) electrons. The minimum atomic E-state index is -1.05. The van der Waals surface area contributed by atoms with Crippen LogP contribution in [-0.4, -0.2) is 28.3 Å². The van der Waals surface area contributed by atoms with Gasteiger partial charge in [-0.1, -0.05) is 68.4 Å². The summed E-state index contributed by atoms with van der Waals surface area (Å²) in [6.45, 7) is 4.00. The largest absolute Gasteiger partial charge is 0.480 e. The molecule has 138 valence electrons. The summed E-state index contributed by atoms with van der Waals surface area (Å²) in [5.41, 5.74) is 3.03. The number of benzene rings is 2. The number of hydrogen-bond donors (Lipinski definition) is 3. The molecule has 2 rings (SSSR count). The van der Waals surface area contributed by atoms with E-state index >= 15 is 0 Å². The molecule has 0 aliphatic carbocycles. The molecule has 0 aliphatic heterocycles. The van der Waals surface area contributed by atoms with Gasteiger partial charge in [0.1, 0.15) is 6.04 Å². The van der Waals surface area contributed by atoms with Crippen molar-refractivity contribution in [3.8, 4) is 11.1 Å². The van der Waals surface area contributed by atoms with Crippen LogP contribution < -0.4 is 5.32 Å². The van der Waals surface area contributed by atoms with Gasteiger partial charge in [0.2, 0.25) is 5.91 Å². The fourth-order valence-corrected chi connectivity index (χ4v) is 3.22. The van der Waals surface area contributed by atoms with E-state index in [1.165, 1.54) is 0 Å². The maximum atomic E-state index is 12.2. The number of carbonyl (C=O) groups excluding carboxylic acids is 1. The highest BCUT2D eigenvalue weighted by Gasteiger charge is 2.24. The maximum Gasteiger partial charge on any atom is 0.326 e. The normalized spacial score (nSPS) is 13.2. The van der Waals surface area contributed by atoms with Crippen molar-refractivity contribution in [2.24, 2.45) is 5.92 Å². The number of thiol groups is 1. The highest BCUT2D eigenvalue weighted by Crippen LogP contribution is 2.20. The van der Waals surface area contributed by atoms with Crippen LogP contribution in [0.2, 0.25) is 0 Å². The summed E-state index contributed by atoms with van der Waals surface area (Å²) in [6.07, 6.45) is 0.839. The number of hydrogen-bond acceptors (Lipinski definition) is 3. The van der Waals surface area contributed by atoms with Crippen molar-refractivity contribution in [1.29, 1.82) is 0 Å². The molecule has 0 saturated heterocycles. The zero-order valence-electron chi connectivity index (χ0n) is 15.1. The summed E-state index contributed by atoms with van der Waals surface area (Å²) < 4.78 is 0. The Labute approximate surface area is 160 Å². The predicted molar refractivity (Wildman–Crippen MR) is 107 cm³/mol. The molecule has 0 fully saturated rings. The summed E-state index contributed by atoms with van der Waals surface area (Å²) in [5, 5.41) is 11.5. The molecule has 4 nitrogen and oxygen atoms in total. The Bertz CT molecular complexity index is 729. The van der Waals surface area contributed by atoms with E-state index in [-0.39, 0.29) is 12.3 Å². The molecule has 0 heterocycles. The second-order valence-electron chi connectivity index (χ2n) is 6.81. The summed E-state index contributed by atoms with van der Waals surface area (Å²) in [6, 6.07) is 16.7. The molecule has 0 unspecified atom stereocenters. The van der Waals surface area contributed by atoms with Crippen molar-refractivity contribution >= 4 is 24.5 Å². The Morgan fingerprint density at radius 3 is 2.12 bits per heavy atom. The molecule has 2 N–H and O–H groups in total. The van der Waals surface area contributed by atoms with Gasteiger partial charge in [-0.25, -0.2) is 4.79 Å². The second kappa shape index (κ2) is 9.43. The molecule has 0 bridgehead atoms. The Kier molecular flexibility index (Phi) is 7.27. The standard InChI is InChI=1S/C21H25NO3S/c1-14(2)12-19(26)20(23)22-18(21(24)25)13-15-8-10-17(11-9-15)16-6-4-3-5-7-16/h3-11,14,18-19,26H,12-13H2,1-2H3,(H,22,23)(H,24,25)/t18-,19-/m0/s1. The summed E-state index contributed by atoms with van der Waals surface area (Å²) in [7, 11) is 0. The molecule has 2 atom stereocenters. The first-order valence-electron chi connectivity index (χ1n) is 8.72. The maximum absolute atomic E-state index is 12.2. The minimum absolute atomic E-state index is 0.234. The molecule has 1 amide bonds. The van der Waals surface area contributed by atoms with E-state index in [1.807, 2.05) is 68.4 Å². The van der Waals surface area contributed by atoms with Crippen LogP contribution in [0.1, 0.15) is 25.8 Å². The molecule has 0 aliphatic rings. The van der Waals surface area contributed by atoms with Crippen LogP contribution in [0, 0.1) is 5.92 Å². The third-order valence-electron chi connectivity index (χ3n) is 4.11. The number of rotatable bonds is 8. The van der Waals surface area contributed by atoms with E-state index in [2.05, 4.69) is 17.9 Å². The first-order valence-corrected chi connectivity index (χ1v) is 9.24. The van der Waals surface area contributed by atoms with Crippen LogP contribution in [0.25, 0.3) is 11.1 Å². The van der Waals surface area contributed by atoms with E-state index in [0.29, 0.717) is 12.3 Å². The number of nitrogens with one attached hydrogen (secondary N) is 1. The lowest BCUT2D eigenvalue weighted by atomic mass is 10.0. The van der Waals surface area contributed by atoms with Crippen molar-refractivity contribution in [3.05, 3.63) is 60.2 Å². The molecule has 26 heavy (non-hydrogen) atoms. The Balaban J connectivity index is 2.03. The van der Waals surface area contributed by atoms with Gasteiger partial charge in [-0.2, -0.15) is 12.6 Å². The predicted octanol–water partition coefficient (Wildman–Crippen LogP) is 3.81. The Morgan fingerprint density at radius 2 is 1.58 bits per heavy atom. The van der Waals surface area contributed by atoms with Gasteiger partial charge in [0.25, 0.3) is 0 Å². The van der Waals surface area contributed by atoms with Crippen molar-refractivity contribution in [1.82, 2.24) is 5.32 Å². The topological polar surface area (TPSA) is 66.4 Å². The van der Waals surface area contributed by atoms with Crippen LogP contribution in [0.4, 0.5) is 0 Å². The third-order valence-corrected chi connectivity index (χ3v) is 4.56. The number of amides is 1. The van der Waals surface area contributed by atoms with Crippen LogP contribution >= 0.6 is 12.6 Å². The average Bonchev–Trinajstić information content (AvgIpc) is 2.61. The van der Waals surface area contributed by atoms with Crippen molar-refractivity contribution in [3.63, 3.8) is 0 Å². The van der Waals surface area contributed by atoms with Crippen molar-refractivity contribution in [2.45, 2.75) is 38.0 Å². The minimum Gasteiger partial charge on any atom is -0.480 e. The summed E-state index contributed by atoms with van der Waals surface area (Å²) in [5.74, 6) is -1.07. The summed E-state index contributed by atoms with van der Waals surface area (Å²) in [4.78, 5) is 23.7. The average molecular weight is 372 g/mol. The zero-order chi connectivity index (χ0) is 19.1. The van der Waals surface area contributed by atoms with Crippen LogP contribution in [0.3, 0.4) is 0 Å². The van der Waals surface area contributed by atoms with E-state index in [4.69, 9.17) is 0 Å². The Morgan fingerprint density at radius 1 is 1.00 bits per heavy atom. The number of carbonyl (C=O) groups is 2. The molecular weight excluding hydrogens is 346 g/mol. The van der Waals surface area contributed by atoms with E-state index in [0.717, 1.165) is 16.7 Å². The van der Waals surface area contributed by atoms with Crippen molar-refractivity contribution in [2.75, 3.05) is 0 Å². The molecule has 0 aromatic heterocycles. The summed E-state index contributed by atoms with van der Waals surface area (Å²) >= 11 is 4.28. The smallest absolute Gasteiger partial charge is 0.326 e. The van der Waals surface area contributed by atoms with Crippen LogP contribution in [-0.2, 0) is 16.0 Å². The highest BCUT2D eigenvalue weighted by atomic mass is 32.1. The number of aliphatic carboxylic acids is 1. The first-order chi connectivity index (χ1) is 12.4. The fraction of sp³-hybridized carbons (Fsp3) is 0.333. The van der Waals surface area contributed by atoms with Gasteiger partial charge in [-0.3, -0.25) is 4.79 Å². The monoisotopic (exact) mass is 371 g/mol. The van der Waals surface area contributed by atoms with Gasteiger partial charge in [0, 0.05) is 6.42 Å². The number of carboxylic acids is 1. The van der Waals surface area contributed by atoms with Crippen LogP contribution in [0.5, 0.6) is 0 Å². The number of carboxylic acid groups (broad SMARTS) is 1. The van der Waals surface area contributed by atoms with E-state index in [1.54, 1.807) is 0 Å². The lowest BCUT2D eigenvalue weighted by molar-refractivity contribution is -0.141. The second-order valence-corrected chi connectivity index (χ2v) is 7.44. The van der Waals surface area contributed by atoms with Gasteiger partial charge >= 0.3 is 5.97 Å². The molecular formula is C21H25NO3S. The molecule has 0 spiro atoms. The van der Waals surface area contributed by atoms with Gasteiger partial charge in [0.15, 0.2) is 0 Å². The molecule has 0 saturated carbocycles. The highest BCUT2D eigenvalue weighted by molar-refractivity contribution is 7.81. The van der Waals surface area contributed by atoms with Gasteiger partial charge in [0.05, 0.1) is 5.25 Å². The fourth-order valence-electron chi connectivity index (χ4n) is 2.72. The SMILES string of the molecule is CC(C)C[C@H](S)C(=O)N[C@@H](Cc1ccc(-c2ccccc2)cc1)C(=O)O. The zero-order valence-corrected chi connectivity index (χ0v) is 15.9. The first kappa shape index (κ1) is 20.0. The molecule has 2 aromatic rings. The van der Waals surface area contributed by atoms with Gasteiger partial charge < -0.3 is 10.4 Å². The lowest BCUT2D eigenvalue weighted by Crippen LogP contribution is -2.45. The molecule has 5 heteroatoms.